The Bertz CT molecular complexity index is 1020. The monoisotopic (exact) mass is 457 g/mol. The molecule has 3 aromatic rings. The summed E-state index contributed by atoms with van der Waals surface area (Å²) in [7, 11) is 0. The first-order valence-electron chi connectivity index (χ1n) is 9.99. The lowest BCUT2D eigenvalue weighted by Crippen LogP contribution is -2.49. The molecule has 4 rings (SSSR count). The summed E-state index contributed by atoms with van der Waals surface area (Å²) in [6.07, 6.45) is 3.61. The van der Waals surface area contributed by atoms with Gasteiger partial charge >= 0.3 is 6.03 Å². The fraction of sp³-hybridized carbons (Fsp3) is 0.273. The molecule has 162 valence electrons. The first-order chi connectivity index (χ1) is 15.1. The van der Waals surface area contributed by atoms with Crippen LogP contribution < -0.4 is 9.46 Å². The van der Waals surface area contributed by atoms with Gasteiger partial charge in [0.05, 0.1) is 0 Å². The van der Waals surface area contributed by atoms with Crippen LogP contribution in [0, 0.1) is 0 Å². The maximum Gasteiger partial charge on any atom is 0.344 e. The number of rotatable bonds is 6. The van der Waals surface area contributed by atoms with E-state index in [4.69, 9.17) is 16.3 Å². The average molecular weight is 458 g/mol. The molecule has 0 bridgehead atoms. The molecule has 7 nitrogen and oxygen atoms in total. The van der Waals surface area contributed by atoms with Crippen molar-refractivity contribution in [2.24, 2.45) is 0 Å². The van der Waals surface area contributed by atoms with Crippen LogP contribution in [0.2, 0.25) is 5.02 Å². The van der Waals surface area contributed by atoms with Crippen LogP contribution >= 0.6 is 23.5 Å². The molecule has 2 heterocycles. The summed E-state index contributed by atoms with van der Waals surface area (Å²) in [5.74, 6) is 2.23. The van der Waals surface area contributed by atoms with Crippen LogP contribution in [0.25, 0.3) is 0 Å². The van der Waals surface area contributed by atoms with Crippen molar-refractivity contribution in [3.05, 3.63) is 71.4 Å². The maximum atomic E-state index is 12.7. The SMILES string of the molecule is CSNc1ccn(C(=O)N2CCN(Cc3cccc(Oc4ccc(Cl)cc4)c3)CC2)n1. The summed E-state index contributed by atoms with van der Waals surface area (Å²) >= 11 is 7.38. The minimum atomic E-state index is -0.0906. The second kappa shape index (κ2) is 10.1. The molecule has 1 fully saturated rings. The minimum Gasteiger partial charge on any atom is -0.457 e. The van der Waals surface area contributed by atoms with E-state index in [0.29, 0.717) is 23.9 Å². The fourth-order valence-corrected chi connectivity index (χ4v) is 3.88. The molecule has 0 atom stereocenters. The summed E-state index contributed by atoms with van der Waals surface area (Å²) in [5.41, 5.74) is 1.17. The van der Waals surface area contributed by atoms with Gasteiger partial charge in [0, 0.05) is 56.3 Å². The number of hydrogen-bond donors (Lipinski definition) is 1. The zero-order valence-electron chi connectivity index (χ0n) is 17.2. The van der Waals surface area contributed by atoms with Gasteiger partial charge in [0.15, 0.2) is 5.82 Å². The molecular formula is C22H24ClN5O2S. The van der Waals surface area contributed by atoms with E-state index >= 15 is 0 Å². The normalized spacial score (nSPS) is 14.5. The summed E-state index contributed by atoms with van der Waals surface area (Å²) in [5, 5.41) is 4.95. The van der Waals surface area contributed by atoms with Crippen molar-refractivity contribution in [2.75, 3.05) is 37.2 Å². The third-order valence-corrected chi connectivity index (χ3v) is 5.65. The summed E-state index contributed by atoms with van der Waals surface area (Å²) < 4.78 is 10.4. The van der Waals surface area contributed by atoms with Crippen LogP contribution in [-0.4, -0.2) is 58.0 Å². The molecule has 0 spiro atoms. The highest BCUT2D eigenvalue weighted by Crippen LogP contribution is 2.24. The van der Waals surface area contributed by atoms with Gasteiger partial charge in [0.25, 0.3) is 0 Å². The van der Waals surface area contributed by atoms with Crippen LogP contribution in [0.3, 0.4) is 0 Å². The van der Waals surface area contributed by atoms with Gasteiger partial charge in [-0.1, -0.05) is 35.7 Å². The molecule has 1 saturated heterocycles. The predicted molar refractivity (Wildman–Crippen MR) is 125 cm³/mol. The number of nitrogens with zero attached hydrogens (tertiary/aromatic N) is 4. The zero-order valence-corrected chi connectivity index (χ0v) is 18.8. The Morgan fingerprint density at radius 3 is 2.61 bits per heavy atom. The summed E-state index contributed by atoms with van der Waals surface area (Å²) in [4.78, 5) is 16.9. The van der Waals surface area contributed by atoms with Crippen molar-refractivity contribution in [2.45, 2.75) is 6.54 Å². The summed E-state index contributed by atoms with van der Waals surface area (Å²) in [6.45, 7) is 3.77. The van der Waals surface area contributed by atoms with E-state index in [1.807, 2.05) is 47.6 Å². The molecule has 9 heteroatoms. The Morgan fingerprint density at radius 2 is 1.87 bits per heavy atom. The van der Waals surface area contributed by atoms with Crippen LogP contribution in [0.15, 0.2) is 60.8 Å². The van der Waals surface area contributed by atoms with Crippen LogP contribution in [0.5, 0.6) is 11.5 Å². The number of benzene rings is 2. The molecule has 2 aromatic carbocycles. The van der Waals surface area contributed by atoms with Gasteiger partial charge in [-0.3, -0.25) is 4.90 Å². The highest BCUT2D eigenvalue weighted by molar-refractivity contribution is 7.99. The van der Waals surface area contributed by atoms with Crippen LogP contribution in [0.4, 0.5) is 10.6 Å². The molecule has 0 aliphatic carbocycles. The van der Waals surface area contributed by atoms with Crippen molar-refractivity contribution in [1.82, 2.24) is 19.6 Å². The number of carbonyl (C=O) groups is 1. The lowest BCUT2D eigenvalue weighted by Gasteiger charge is -2.34. The predicted octanol–water partition coefficient (Wildman–Crippen LogP) is 4.80. The molecule has 0 radical (unpaired) electrons. The molecule has 0 unspecified atom stereocenters. The topological polar surface area (TPSA) is 62.6 Å². The van der Waals surface area contributed by atoms with E-state index < -0.39 is 0 Å². The Hall–Kier alpha value is -2.68. The first kappa shape index (κ1) is 21.5. The zero-order chi connectivity index (χ0) is 21.6. The Morgan fingerprint density at radius 1 is 1.10 bits per heavy atom. The third-order valence-electron chi connectivity index (χ3n) is 4.99. The van der Waals surface area contributed by atoms with Gasteiger partial charge in [-0.05, 0) is 42.0 Å². The van der Waals surface area contributed by atoms with Crippen LogP contribution in [-0.2, 0) is 6.54 Å². The Labute approximate surface area is 191 Å². The second-order valence-corrected chi connectivity index (χ2v) is 8.25. The lowest BCUT2D eigenvalue weighted by atomic mass is 10.2. The van der Waals surface area contributed by atoms with E-state index in [1.54, 1.807) is 12.3 Å². The van der Waals surface area contributed by atoms with Gasteiger partial charge in [0.2, 0.25) is 0 Å². The molecular weight excluding hydrogens is 434 g/mol. The van der Waals surface area contributed by atoms with Crippen molar-refractivity contribution < 1.29 is 9.53 Å². The Kier molecular flexibility index (Phi) is 7.01. The number of piperazine rings is 1. The van der Waals surface area contributed by atoms with Crippen molar-refractivity contribution in [3.8, 4) is 11.5 Å². The number of nitrogens with one attached hydrogen (secondary N) is 1. The van der Waals surface area contributed by atoms with Crippen LogP contribution in [0.1, 0.15) is 5.56 Å². The van der Waals surface area contributed by atoms with E-state index in [-0.39, 0.29) is 6.03 Å². The number of ether oxygens (including phenoxy) is 1. The maximum absolute atomic E-state index is 12.7. The first-order valence-corrected chi connectivity index (χ1v) is 11.6. The van der Waals surface area contributed by atoms with Gasteiger partial charge in [0.1, 0.15) is 11.5 Å². The quantitative estimate of drug-likeness (QED) is 0.536. The van der Waals surface area contributed by atoms with Gasteiger partial charge in [-0.25, -0.2) is 4.79 Å². The van der Waals surface area contributed by atoms with Gasteiger partial charge in [-0.15, -0.1) is 5.10 Å². The number of carbonyl (C=O) groups excluding carboxylic acids is 1. The number of anilines is 1. The molecule has 0 saturated carbocycles. The largest absolute Gasteiger partial charge is 0.457 e. The Balaban J connectivity index is 1.30. The lowest BCUT2D eigenvalue weighted by molar-refractivity contribution is 0.134. The van der Waals surface area contributed by atoms with E-state index in [9.17, 15) is 4.79 Å². The molecule has 1 N–H and O–H groups in total. The van der Waals surface area contributed by atoms with Crippen molar-refractivity contribution in [1.29, 1.82) is 0 Å². The molecule has 31 heavy (non-hydrogen) atoms. The minimum absolute atomic E-state index is 0.0906. The van der Waals surface area contributed by atoms with Gasteiger partial charge < -0.3 is 14.4 Å². The number of halogens is 1. The summed E-state index contributed by atoms with van der Waals surface area (Å²) in [6, 6.07) is 17.1. The number of amides is 1. The van der Waals surface area contributed by atoms with Crippen molar-refractivity contribution in [3.63, 3.8) is 0 Å². The number of aromatic nitrogens is 2. The van der Waals surface area contributed by atoms with E-state index in [0.717, 1.165) is 31.1 Å². The molecule has 1 aromatic heterocycles. The van der Waals surface area contributed by atoms with E-state index in [1.165, 1.54) is 22.2 Å². The molecule has 1 amide bonds. The smallest absolute Gasteiger partial charge is 0.344 e. The standard InChI is InChI=1S/C22H24ClN5O2S/c1-31-25-21-9-10-28(24-21)22(29)27-13-11-26(12-14-27)16-17-3-2-4-20(15-17)30-19-7-5-18(23)6-8-19/h2-10,15H,11-14,16H2,1H3,(H,24,25). The second-order valence-electron chi connectivity index (χ2n) is 7.20. The van der Waals surface area contributed by atoms with E-state index in [2.05, 4.69) is 26.9 Å². The highest BCUT2D eigenvalue weighted by Gasteiger charge is 2.23. The van der Waals surface area contributed by atoms with Crippen molar-refractivity contribution >= 4 is 35.4 Å². The third kappa shape index (κ3) is 5.72. The number of hydrogen-bond acceptors (Lipinski definition) is 6. The molecule has 1 aliphatic heterocycles. The highest BCUT2D eigenvalue weighted by atomic mass is 35.5. The fourth-order valence-electron chi connectivity index (χ4n) is 3.44. The molecule has 1 aliphatic rings. The average Bonchev–Trinajstić information content (AvgIpc) is 3.25. The van der Waals surface area contributed by atoms with Gasteiger partial charge in [-0.2, -0.15) is 4.68 Å².